The van der Waals surface area contributed by atoms with Crippen molar-refractivity contribution in [3.05, 3.63) is 96.1 Å². The second kappa shape index (κ2) is 17.1. The first-order valence-corrected chi connectivity index (χ1v) is 15.3. The Kier molecular flexibility index (Phi) is 12.7. The van der Waals surface area contributed by atoms with Gasteiger partial charge in [0.05, 0.1) is 0 Å². The van der Waals surface area contributed by atoms with Gasteiger partial charge in [-0.3, -0.25) is 4.79 Å². The minimum Gasteiger partial charge on any atom is -0.480 e. The Bertz CT molecular complexity index is 1540. The lowest BCUT2D eigenvalue weighted by Gasteiger charge is -2.23. The summed E-state index contributed by atoms with van der Waals surface area (Å²) in [7, 11) is 0. The number of carboxylic acids is 2. The molecule has 0 fully saturated rings. The molecule has 0 saturated carbocycles. The van der Waals surface area contributed by atoms with E-state index in [1.54, 1.807) is 0 Å². The molecule has 0 aliphatic carbocycles. The molecule has 0 spiro atoms. The topological polar surface area (TPSA) is 122 Å². The van der Waals surface area contributed by atoms with Crippen molar-refractivity contribution in [1.29, 1.82) is 0 Å². The molecule has 0 aliphatic heterocycles. The number of carbonyl (C=O) groups is 3. The number of aryl methyl sites for hydroxylation is 2. The van der Waals surface area contributed by atoms with E-state index < -0.39 is 36.7 Å². The number of hydrogen-bond acceptors (Lipinski definition) is 5. The Morgan fingerprint density at radius 1 is 0.614 bits per heavy atom. The van der Waals surface area contributed by atoms with E-state index in [-0.39, 0.29) is 6.61 Å². The standard InChI is InChI=1S/C36H41NO7/c38-32(39)25-44-33(35(40)37-21-9-1-3-11-26-17-19-28-13-5-7-15-30(28)23-26)34(36(41)42)43-22-10-2-4-12-27-18-20-29-14-6-8-16-31(29)24-27/h5-8,13-20,23-24,33-34H,1-4,9-12,21-22,25H2,(H,37,40)(H,38,39)(H,41,42)/t33-,34-/m1/s1. The molecule has 4 rings (SSSR count). The number of fused-ring (bicyclic) bond motifs is 2. The molecule has 4 aromatic rings. The molecule has 4 aromatic carbocycles. The fourth-order valence-electron chi connectivity index (χ4n) is 5.30. The van der Waals surface area contributed by atoms with E-state index in [0.717, 1.165) is 38.5 Å². The normalized spacial score (nSPS) is 12.6. The summed E-state index contributed by atoms with van der Waals surface area (Å²) in [4.78, 5) is 36.0. The van der Waals surface area contributed by atoms with Gasteiger partial charge in [0, 0.05) is 13.2 Å². The summed E-state index contributed by atoms with van der Waals surface area (Å²) in [5, 5.41) is 26.4. The highest BCUT2D eigenvalue weighted by Gasteiger charge is 2.36. The number of benzene rings is 4. The average Bonchev–Trinajstić information content (AvgIpc) is 3.02. The van der Waals surface area contributed by atoms with Crippen molar-refractivity contribution < 1.29 is 34.1 Å². The Labute approximate surface area is 258 Å². The molecule has 0 aromatic heterocycles. The molecule has 0 saturated heterocycles. The lowest BCUT2D eigenvalue weighted by molar-refractivity contribution is -0.172. The SMILES string of the molecule is O=C(O)CO[C@@H](C(=O)NCCCCCc1ccc2ccccc2c1)[C@@H](OCCCCCc1ccc2ccccc2c1)C(=O)O. The quantitative estimate of drug-likeness (QED) is 0.110. The first kappa shape index (κ1) is 32.6. The third-order valence-electron chi connectivity index (χ3n) is 7.64. The summed E-state index contributed by atoms with van der Waals surface area (Å²) in [5.41, 5.74) is 2.49. The van der Waals surface area contributed by atoms with Gasteiger partial charge in [-0.25, -0.2) is 9.59 Å². The number of unbranched alkanes of at least 4 members (excludes halogenated alkanes) is 4. The van der Waals surface area contributed by atoms with Gasteiger partial charge in [0.15, 0.2) is 12.2 Å². The van der Waals surface area contributed by atoms with Crippen LogP contribution in [0.15, 0.2) is 84.9 Å². The Balaban J connectivity index is 1.18. The van der Waals surface area contributed by atoms with Gasteiger partial charge in [-0.1, -0.05) is 97.8 Å². The van der Waals surface area contributed by atoms with Gasteiger partial charge >= 0.3 is 11.9 Å². The zero-order chi connectivity index (χ0) is 31.1. The minimum atomic E-state index is -1.61. The average molecular weight is 600 g/mol. The van der Waals surface area contributed by atoms with E-state index in [9.17, 15) is 19.5 Å². The van der Waals surface area contributed by atoms with E-state index in [0.29, 0.717) is 19.4 Å². The number of hydrogen-bond donors (Lipinski definition) is 3. The van der Waals surface area contributed by atoms with Gasteiger partial charge in [-0.05, 0) is 71.2 Å². The van der Waals surface area contributed by atoms with E-state index in [4.69, 9.17) is 14.6 Å². The highest BCUT2D eigenvalue weighted by Crippen LogP contribution is 2.19. The van der Waals surface area contributed by atoms with Crippen molar-refractivity contribution >= 4 is 39.4 Å². The maximum absolute atomic E-state index is 12.9. The first-order valence-electron chi connectivity index (χ1n) is 15.3. The van der Waals surface area contributed by atoms with Crippen LogP contribution in [0.3, 0.4) is 0 Å². The van der Waals surface area contributed by atoms with Crippen LogP contribution in [0.4, 0.5) is 0 Å². The number of amides is 1. The van der Waals surface area contributed by atoms with Crippen molar-refractivity contribution in [3.63, 3.8) is 0 Å². The molecule has 0 heterocycles. The largest absolute Gasteiger partial charge is 0.480 e. The van der Waals surface area contributed by atoms with Crippen molar-refractivity contribution in [3.8, 4) is 0 Å². The van der Waals surface area contributed by atoms with Gasteiger partial charge in [-0.2, -0.15) is 0 Å². The molecular formula is C36H41NO7. The van der Waals surface area contributed by atoms with Crippen molar-refractivity contribution in [2.24, 2.45) is 0 Å². The highest BCUT2D eigenvalue weighted by atomic mass is 16.6. The summed E-state index contributed by atoms with van der Waals surface area (Å²) < 4.78 is 10.8. The molecule has 0 unspecified atom stereocenters. The molecule has 8 heteroatoms. The van der Waals surface area contributed by atoms with E-state index >= 15 is 0 Å². The predicted octanol–water partition coefficient (Wildman–Crippen LogP) is 6.17. The molecule has 2 atom stereocenters. The van der Waals surface area contributed by atoms with Crippen LogP contribution in [0.1, 0.15) is 49.7 Å². The molecule has 0 radical (unpaired) electrons. The third-order valence-corrected chi connectivity index (χ3v) is 7.64. The molecule has 0 bridgehead atoms. The minimum absolute atomic E-state index is 0.115. The van der Waals surface area contributed by atoms with Crippen molar-refractivity contribution in [2.75, 3.05) is 19.8 Å². The summed E-state index contributed by atoms with van der Waals surface area (Å²) in [5.74, 6) is -3.36. The predicted molar refractivity (Wildman–Crippen MR) is 171 cm³/mol. The summed E-state index contributed by atoms with van der Waals surface area (Å²) >= 11 is 0. The van der Waals surface area contributed by atoms with Crippen LogP contribution in [0, 0.1) is 0 Å². The zero-order valence-electron chi connectivity index (χ0n) is 25.0. The summed E-state index contributed by atoms with van der Waals surface area (Å²) in [6.07, 6.45) is 3.44. The van der Waals surface area contributed by atoms with Gasteiger partial charge in [-0.15, -0.1) is 0 Å². The molecule has 44 heavy (non-hydrogen) atoms. The van der Waals surface area contributed by atoms with E-state index in [1.807, 2.05) is 24.3 Å². The zero-order valence-corrected chi connectivity index (χ0v) is 25.0. The molecular weight excluding hydrogens is 558 g/mol. The van der Waals surface area contributed by atoms with E-state index in [2.05, 4.69) is 66.0 Å². The molecule has 1 amide bonds. The number of carbonyl (C=O) groups excluding carboxylic acids is 1. The van der Waals surface area contributed by atoms with E-state index in [1.165, 1.54) is 32.7 Å². The van der Waals surface area contributed by atoms with Crippen LogP contribution >= 0.6 is 0 Å². The third kappa shape index (κ3) is 10.2. The lowest BCUT2D eigenvalue weighted by Crippen LogP contribution is -2.49. The second-order valence-electron chi connectivity index (χ2n) is 11.0. The van der Waals surface area contributed by atoms with Gasteiger partial charge in [0.2, 0.25) is 0 Å². The number of rotatable bonds is 19. The van der Waals surface area contributed by atoms with Gasteiger partial charge < -0.3 is 25.0 Å². The second-order valence-corrected chi connectivity index (χ2v) is 11.0. The van der Waals surface area contributed by atoms with Crippen LogP contribution in [0.5, 0.6) is 0 Å². The van der Waals surface area contributed by atoms with Crippen LogP contribution in [-0.4, -0.2) is 60.0 Å². The summed E-state index contributed by atoms with van der Waals surface area (Å²) in [6.45, 7) is -0.364. The molecule has 0 aliphatic rings. The van der Waals surface area contributed by atoms with Crippen LogP contribution in [-0.2, 0) is 36.7 Å². The highest BCUT2D eigenvalue weighted by molar-refractivity contribution is 5.88. The Hall–Kier alpha value is -4.27. The van der Waals surface area contributed by atoms with Crippen LogP contribution < -0.4 is 5.32 Å². The maximum atomic E-state index is 12.9. The maximum Gasteiger partial charge on any atom is 0.336 e. The number of nitrogens with one attached hydrogen (secondary N) is 1. The van der Waals surface area contributed by atoms with Crippen molar-refractivity contribution in [1.82, 2.24) is 5.32 Å². The Morgan fingerprint density at radius 3 is 1.70 bits per heavy atom. The van der Waals surface area contributed by atoms with Gasteiger partial charge in [0.25, 0.3) is 5.91 Å². The number of carboxylic acid groups (broad SMARTS) is 2. The molecule has 232 valence electrons. The lowest BCUT2D eigenvalue weighted by atomic mass is 10.0. The van der Waals surface area contributed by atoms with Crippen molar-refractivity contribution in [2.45, 2.75) is 63.6 Å². The number of aliphatic carboxylic acids is 2. The smallest absolute Gasteiger partial charge is 0.336 e. The molecule has 3 N–H and O–H groups in total. The van der Waals surface area contributed by atoms with Gasteiger partial charge in [0.1, 0.15) is 6.61 Å². The first-order chi connectivity index (χ1) is 21.4. The van der Waals surface area contributed by atoms with Crippen LogP contribution in [0.2, 0.25) is 0 Å². The number of ether oxygens (including phenoxy) is 2. The Morgan fingerprint density at radius 2 is 1.16 bits per heavy atom. The summed E-state index contributed by atoms with van der Waals surface area (Å²) in [6, 6.07) is 29.3. The van der Waals surface area contributed by atoms with Crippen LogP contribution in [0.25, 0.3) is 21.5 Å². The monoisotopic (exact) mass is 599 g/mol. The molecule has 8 nitrogen and oxygen atoms in total. The fraction of sp³-hybridized carbons (Fsp3) is 0.361. The fourth-order valence-corrected chi connectivity index (χ4v) is 5.30.